The molecule has 5 nitrogen and oxygen atoms in total. The molecule has 0 saturated heterocycles. The molecule has 3 aromatic heterocycles. The Morgan fingerprint density at radius 1 is 1.39 bits per heavy atom. The van der Waals surface area contributed by atoms with Crippen molar-refractivity contribution in [2.75, 3.05) is 26.0 Å². The van der Waals surface area contributed by atoms with Gasteiger partial charge in [-0.25, -0.2) is 0 Å². The molecule has 0 amide bonds. The molecule has 118 valence electrons. The van der Waals surface area contributed by atoms with Gasteiger partial charge < -0.3 is 14.6 Å². The SMILES string of the molecule is CN(C)[C@H](CNc1oc(-c2cccs2)nc1C#N)c1ccsc1. The zero-order chi connectivity index (χ0) is 16.2. The maximum Gasteiger partial charge on any atom is 0.240 e. The minimum absolute atomic E-state index is 0.197. The summed E-state index contributed by atoms with van der Waals surface area (Å²) in [6, 6.07) is 8.26. The maximum absolute atomic E-state index is 9.27. The summed E-state index contributed by atoms with van der Waals surface area (Å²) in [6.45, 7) is 0.636. The Labute approximate surface area is 142 Å². The van der Waals surface area contributed by atoms with Gasteiger partial charge in [0.2, 0.25) is 17.5 Å². The highest BCUT2D eigenvalue weighted by Crippen LogP contribution is 2.29. The van der Waals surface area contributed by atoms with Gasteiger partial charge in [-0.15, -0.1) is 11.3 Å². The topological polar surface area (TPSA) is 65.1 Å². The predicted molar refractivity (Wildman–Crippen MR) is 93.8 cm³/mol. The third-order valence-electron chi connectivity index (χ3n) is 3.47. The van der Waals surface area contributed by atoms with E-state index < -0.39 is 0 Å². The summed E-state index contributed by atoms with van der Waals surface area (Å²) in [5, 5.41) is 18.7. The lowest BCUT2D eigenvalue weighted by Crippen LogP contribution is -2.26. The molecule has 0 aliphatic rings. The second-order valence-electron chi connectivity index (χ2n) is 5.20. The number of hydrogen-bond donors (Lipinski definition) is 1. The number of anilines is 1. The summed E-state index contributed by atoms with van der Waals surface area (Å²) in [5.41, 5.74) is 1.53. The summed E-state index contributed by atoms with van der Waals surface area (Å²) < 4.78 is 5.75. The van der Waals surface area contributed by atoms with Crippen LogP contribution in [0.15, 0.2) is 38.8 Å². The van der Waals surface area contributed by atoms with Gasteiger partial charge in [0.1, 0.15) is 6.07 Å². The zero-order valence-electron chi connectivity index (χ0n) is 12.8. The average Bonchev–Trinajstić information content (AvgIpc) is 3.28. The minimum atomic E-state index is 0.197. The van der Waals surface area contributed by atoms with E-state index in [0.29, 0.717) is 18.3 Å². The zero-order valence-corrected chi connectivity index (χ0v) is 14.4. The van der Waals surface area contributed by atoms with E-state index >= 15 is 0 Å². The third kappa shape index (κ3) is 3.45. The molecular formula is C16H16N4OS2. The summed E-state index contributed by atoms with van der Waals surface area (Å²) in [5.74, 6) is 0.911. The molecule has 3 heterocycles. The molecule has 0 saturated carbocycles. The van der Waals surface area contributed by atoms with Crippen molar-refractivity contribution in [3.05, 3.63) is 45.6 Å². The number of nitriles is 1. The summed E-state index contributed by atoms with van der Waals surface area (Å²) in [6.07, 6.45) is 0. The van der Waals surface area contributed by atoms with Crippen molar-refractivity contribution in [3.8, 4) is 16.8 Å². The van der Waals surface area contributed by atoms with E-state index in [-0.39, 0.29) is 11.7 Å². The van der Waals surface area contributed by atoms with E-state index in [1.807, 2.05) is 31.6 Å². The van der Waals surface area contributed by atoms with Crippen LogP contribution in [0.2, 0.25) is 0 Å². The Hall–Kier alpha value is -2.14. The van der Waals surface area contributed by atoms with Crippen LogP contribution < -0.4 is 5.32 Å². The Balaban J connectivity index is 1.78. The van der Waals surface area contributed by atoms with E-state index in [1.165, 1.54) is 16.9 Å². The van der Waals surface area contributed by atoms with Gasteiger partial charge in [0.15, 0.2) is 0 Å². The van der Waals surface area contributed by atoms with Gasteiger partial charge in [-0.2, -0.15) is 21.6 Å². The number of aromatic nitrogens is 1. The molecule has 0 fully saturated rings. The molecule has 3 rings (SSSR count). The lowest BCUT2D eigenvalue weighted by molar-refractivity contribution is 0.311. The molecule has 1 N–H and O–H groups in total. The Morgan fingerprint density at radius 3 is 2.87 bits per heavy atom. The van der Waals surface area contributed by atoms with Crippen molar-refractivity contribution < 1.29 is 4.42 Å². The Kier molecular flexibility index (Phi) is 4.76. The standard InChI is InChI=1S/C16H16N4OS2/c1-20(2)13(11-5-7-22-10-11)9-18-15-12(8-17)19-16(21-15)14-4-3-6-23-14/h3-7,10,13,18H,9H2,1-2H3/t13-/m1/s1. The summed E-state index contributed by atoms with van der Waals surface area (Å²) >= 11 is 3.21. The highest BCUT2D eigenvalue weighted by molar-refractivity contribution is 7.13. The molecule has 0 unspecified atom stereocenters. The second-order valence-corrected chi connectivity index (χ2v) is 6.93. The van der Waals surface area contributed by atoms with Crippen LogP contribution in [0, 0.1) is 11.3 Å². The van der Waals surface area contributed by atoms with E-state index in [0.717, 1.165) is 4.88 Å². The monoisotopic (exact) mass is 344 g/mol. The summed E-state index contributed by atoms with van der Waals surface area (Å²) in [4.78, 5) is 7.32. The first kappa shape index (κ1) is 15.7. The van der Waals surface area contributed by atoms with Crippen molar-refractivity contribution >= 4 is 28.6 Å². The fraction of sp³-hybridized carbons (Fsp3) is 0.250. The normalized spacial score (nSPS) is 12.3. The quantitative estimate of drug-likeness (QED) is 0.731. The van der Waals surface area contributed by atoms with Gasteiger partial charge in [-0.3, -0.25) is 0 Å². The molecule has 23 heavy (non-hydrogen) atoms. The third-order valence-corrected chi connectivity index (χ3v) is 5.03. The van der Waals surface area contributed by atoms with Crippen LogP contribution in [0.5, 0.6) is 0 Å². The van der Waals surface area contributed by atoms with Gasteiger partial charge in [0.05, 0.1) is 10.9 Å². The predicted octanol–water partition coefficient (Wildman–Crippen LogP) is 4.05. The largest absolute Gasteiger partial charge is 0.418 e. The molecule has 0 aliphatic heterocycles. The highest BCUT2D eigenvalue weighted by atomic mass is 32.1. The highest BCUT2D eigenvalue weighted by Gasteiger charge is 2.19. The number of likely N-dealkylation sites (N-methyl/N-ethyl adjacent to an activating group) is 1. The van der Waals surface area contributed by atoms with Crippen molar-refractivity contribution in [2.24, 2.45) is 0 Å². The van der Waals surface area contributed by atoms with Crippen molar-refractivity contribution in [2.45, 2.75) is 6.04 Å². The molecule has 0 bridgehead atoms. The number of nitrogens with one attached hydrogen (secondary N) is 1. The number of oxazole rings is 1. The smallest absolute Gasteiger partial charge is 0.240 e. The van der Waals surface area contributed by atoms with Crippen LogP contribution >= 0.6 is 22.7 Å². The van der Waals surface area contributed by atoms with Crippen LogP contribution in [-0.2, 0) is 0 Å². The summed E-state index contributed by atoms with van der Waals surface area (Å²) in [7, 11) is 4.07. The maximum atomic E-state index is 9.27. The van der Waals surface area contributed by atoms with Gasteiger partial charge in [0, 0.05) is 6.54 Å². The number of hydrogen-bond acceptors (Lipinski definition) is 7. The van der Waals surface area contributed by atoms with Gasteiger partial charge in [-0.1, -0.05) is 6.07 Å². The number of nitrogens with zero attached hydrogens (tertiary/aromatic N) is 3. The second kappa shape index (κ2) is 6.96. The molecule has 3 aromatic rings. The van der Waals surface area contributed by atoms with Crippen LogP contribution in [0.25, 0.3) is 10.8 Å². The average molecular weight is 344 g/mol. The van der Waals surface area contributed by atoms with E-state index in [4.69, 9.17) is 4.42 Å². The van der Waals surface area contributed by atoms with Gasteiger partial charge in [-0.05, 0) is 47.9 Å². The van der Waals surface area contributed by atoms with Crippen molar-refractivity contribution in [3.63, 3.8) is 0 Å². The first-order valence-electron chi connectivity index (χ1n) is 7.06. The van der Waals surface area contributed by atoms with Gasteiger partial charge in [0.25, 0.3) is 0 Å². The Morgan fingerprint density at radius 2 is 2.26 bits per heavy atom. The lowest BCUT2D eigenvalue weighted by Gasteiger charge is -2.23. The van der Waals surface area contributed by atoms with Crippen LogP contribution in [0.3, 0.4) is 0 Å². The van der Waals surface area contributed by atoms with Gasteiger partial charge >= 0.3 is 0 Å². The molecule has 0 aliphatic carbocycles. The molecule has 0 radical (unpaired) electrons. The van der Waals surface area contributed by atoms with E-state index in [9.17, 15) is 5.26 Å². The van der Waals surface area contributed by atoms with Crippen LogP contribution in [-0.4, -0.2) is 30.5 Å². The molecule has 0 aromatic carbocycles. The molecular weight excluding hydrogens is 328 g/mol. The van der Waals surface area contributed by atoms with Crippen molar-refractivity contribution in [1.29, 1.82) is 5.26 Å². The molecule has 7 heteroatoms. The number of thiophene rings is 2. The molecule has 1 atom stereocenters. The van der Waals surface area contributed by atoms with E-state index in [2.05, 4.69) is 38.1 Å². The van der Waals surface area contributed by atoms with Crippen LogP contribution in [0.4, 0.5) is 5.88 Å². The lowest BCUT2D eigenvalue weighted by atomic mass is 10.1. The first-order chi connectivity index (χ1) is 11.2. The Bertz CT molecular complexity index is 785. The van der Waals surface area contributed by atoms with Crippen LogP contribution in [0.1, 0.15) is 17.3 Å². The number of rotatable bonds is 6. The molecule has 0 spiro atoms. The minimum Gasteiger partial charge on any atom is -0.418 e. The van der Waals surface area contributed by atoms with E-state index in [1.54, 1.807) is 11.3 Å². The fourth-order valence-corrected chi connectivity index (χ4v) is 3.63. The first-order valence-corrected chi connectivity index (χ1v) is 8.88. The fourth-order valence-electron chi connectivity index (χ4n) is 2.27. The van der Waals surface area contributed by atoms with Crippen molar-refractivity contribution in [1.82, 2.24) is 9.88 Å².